The van der Waals surface area contributed by atoms with E-state index in [1.54, 1.807) is 36.4 Å². The topological polar surface area (TPSA) is 104 Å². The molecule has 156 valence electrons. The smallest absolute Gasteiger partial charge is 0.258 e. The molecule has 0 bridgehead atoms. The first-order chi connectivity index (χ1) is 14.5. The lowest BCUT2D eigenvalue weighted by atomic mass is 10.1. The van der Waals surface area contributed by atoms with Crippen molar-refractivity contribution in [2.75, 3.05) is 11.9 Å². The van der Waals surface area contributed by atoms with Crippen molar-refractivity contribution in [1.29, 1.82) is 0 Å². The number of hydrogen-bond acceptors (Lipinski definition) is 4. The highest BCUT2D eigenvalue weighted by molar-refractivity contribution is 6.34. The zero-order valence-electron chi connectivity index (χ0n) is 16.6. The van der Waals surface area contributed by atoms with Gasteiger partial charge in [-0.3, -0.25) is 14.4 Å². The van der Waals surface area contributed by atoms with Crippen LogP contribution in [0, 0.1) is 0 Å². The maximum absolute atomic E-state index is 12.2. The zero-order valence-corrected chi connectivity index (χ0v) is 17.4. The summed E-state index contributed by atoms with van der Waals surface area (Å²) in [5, 5.41) is 6.36. The van der Waals surface area contributed by atoms with Crippen molar-refractivity contribution < 1.29 is 9.59 Å². The summed E-state index contributed by atoms with van der Waals surface area (Å²) in [5.74, 6) is 0.131. The van der Waals surface area contributed by atoms with Crippen LogP contribution in [0.25, 0.3) is 10.9 Å². The van der Waals surface area contributed by atoms with Crippen LogP contribution in [0.3, 0.4) is 0 Å². The number of fused-ring (bicyclic) bond motifs is 1. The number of rotatable bonds is 8. The van der Waals surface area contributed by atoms with Gasteiger partial charge in [0.1, 0.15) is 5.82 Å². The Balaban J connectivity index is 1.54. The number of amides is 2. The molecule has 0 saturated heterocycles. The third kappa shape index (κ3) is 5.45. The van der Waals surface area contributed by atoms with Gasteiger partial charge in [-0.25, -0.2) is 4.98 Å². The van der Waals surface area contributed by atoms with Crippen LogP contribution in [0.1, 0.15) is 42.4 Å². The van der Waals surface area contributed by atoms with Gasteiger partial charge in [-0.05, 0) is 43.2 Å². The predicted octanol–water partition coefficient (Wildman–Crippen LogP) is 3.68. The molecule has 0 saturated carbocycles. The van der Waals surface area contributed by atoms with Gasteiger partial charge < -0.3 is 15.6 Å². The van der Waals surface area contributed by atoms with Crippen molar-refractivity contribution in [3.63, 3.8) is 0 Å². The Morgan fingerprint density at radius 3 is 2.73 bits per heavy atom. The molecular weight excluding hydrogens is 404 g/mol. The quantitative estimate of drug-likeness (QED) is 0.511. The summed E-state index contributed by atoms with van der Waals surface area (Å²) >= 11 is 6.18. The molecule has 8 heteroatoms. The number of hydrogen-bond donors (Lipinski definition) is 3. The number of nitrogens with zero attached hydrogens (tertiary/aromatic N) is 1. The average Bonchev–Trinajstić information content (AvgIpc) is 2.72. The Kier molecular flexibility index (Phi) is 7.19. The minimum Gasteiger partial charge on any atom is -0.352 e. The van der Waals surface area contributed by atoms with Crippen LogP contribution in [0.15, 0.2) is 47.3 Å². The van der Waals surface area contributed by atoms with E-state index in [4.69, 9.17) is 11.6 Å². The Labute approximate surface area is 178 Å². The number of nitrogens with one attached hydrogen (secondary N) is 3. The van der Waals surface area contributed by atoms with Crippen LogP contribution in [-0.2, 0) is 11.2 Å². The highest BCUT2D eigenvalue weighted by Gasteiger charge is 2.12. The van der Waals surface area contributed by atoms with Crippen LogP contribution < -0.4 is 16.2 Å². The fourth-order valence-electron chi connectivity index (χ4n) is 3.00. The highest BCUT2D eigenvalue weighted by atomic mass is 35.5. The number of H-pyrrole nitrogens is 1. The van der Waals surface area contributed by atoms with Crippen molar-refractivity contribution in [2.45, 2.75) is 32.6 Å². The van der Waals surface area contributed by atoms with Gasteiger partial charge in [0.05, 0.1) is 21.5 Å². The second-order valence-electron chi connectivity index (χ2n) is 6.88. The molecule has 0 atom stereocenters. The number of aromatic nitrogens is 2. The van der Waals surface area contributed by atoms with Crippen molar-refractivity contribution in [3.8, 4) is 0 Å². The molecule has 0 fully saturated rings. The van der Waals surface area contributed by atoms with Gasteiger partial charge in [-0.1, -0.05) is 30.7 Å². The van der Waals surface area contributed by atoms with Gasteiger partial charge in [-0.2, -0.15) is 0 Å². The normalized spacial score (nSPS) is 10.7. The minimum absolute atomic E-state index is 0.183. The van der Waals surface area contributed by atoms with Crippen molar-refractivity contribution in [1.82, 2.24) is 15.3 Å². The number of anilines is 1. The number of carbonyl (C=O) groups is 2. The van der Waals surface area contributed by atoms with Gasteiger partial charge in [0, 0.05) is 25.1 Å². The van der Waals surface area contributed by atoms with Crippen LogP contribution in [0.5, 0.6) is 0 Å². The monoisotopic (exact) mass is 426 g/mol. The number of halogens is 1. The van der Waals surface area contributed by atoms with Crippen molar-refractivity contribution in [2.24, 2.45) is 0 Å². The first-order valence-electron chi connectivity index (χ1n) is 9.83. The molecule has 3 rings (SSSR count). The predicted molar refractivity (Wildman–Crippen MR) is 118 cm³/mol. The zero-order chi connectivity index (χ0) is 21.5. The molecule has 2 amide bonds. The minimum atomic E-state index is -0.239. The molecule has 0 aliphatic heterocycles. The Morgan fingerprint density at radius 1 is 1.17 bits per heavy atom. The third-order valence-electron chi connectivity index (χ3n) is 4.51. The molecule has 7 nitrogen and oxygen atoms in total. The van der Waals surface area contributed by atoms with E-state index in [2.05, 4.69) is 20.6 Å². The lowest BCUT2D eigenvalue weighted by molar-refractivity contribution is -0.116. The summed E-state index contributed by atoms with van der Waals surface area (Å²) < 4.78 is 0. The van der Waals surface area contributed by atoms with E-state index in [9.17, 15) is 14.4 Å². The maximum atomic E-state index is 12.2. The van der Waals surface area contributed by atoms with E-state index >= 15 is 0 Å². The van der Waals surface area contributed by atoms with Crippen molar-refractivity contribution >= 4 is 40.0 Å². The summed E-state index contributed by atoms with van der Waals surface area (Å²) in [6, 6.07) is 11.9. The number of aryl methyl sites for hydroxylation is 1. The van der Waals surface area contributed by atoms with E-state index < -0.39 is 0 Å². The molecule has 0 spiro atoms. The van der Waals surface area contributed by atoms with Crippen LogP contribution >= 0.6 is 11.6 Å². The molecular formula is C22H23ClN4O3. The van der Waals surface area contributed by atoms with Gasteiger partial charge >= 0.3 is 0 Å². The van der Waals surface area contributed by atoms with Crippen LogP contribution in [0.4, 0.5) is 5.69 Å². The lowest BCUT2D eigenvalue weighted by Crippen LogP contribution is -2.24. The van der Waals surface area contributed by atoms with E-state index in [1.807, 2.05) is 13.0 Å². The average molecular weight is 427 g/mol. The highest BCUT2D eigenvalue weighted by Crippen LogP contribution is 2.21. The van der Waals surface area contributed by atoms with Gasteiger partial charge in [-0.15, -0.1) is 0 Å². The van der Waals surface area contributed by atoms with Crippen LogP contribution in [-0.4, -0.2) is 28.3 Å². The first kappa shape index (κ1) is 21.5. The molecule has 1 aromatic heterocycles. The number of para-hydroxylation sites is 1. The van der Waals surface area contributed by atoms with E-state index in [-0.39, 0.29) is 28.8 Å². The second kappa shape index (κ2) is 10.0. The third-order valence-corrected chi connectivity index (χ3v) is 4.83. The SMILES string of the molecule is CCCNC(=O)c1ccc(NC(=O)CCCc2nc3ccccc3c(=O)[nH]2)cc1Cl. The van der Waals surface area contributed by atoms with Gasteiger partial charge in [0.25, 0.3) is 11.5 Å². The summed E-state index contributed by atoms with van der Waals surface area (Å²) in [6.45, 7) is 2.54. The standard InChI is InChI=1S/C22H23ClN4O3/c1-2-12-24-21(29)15-11-10-14(13-17(15)23)25-20(28)9-5-8-19-26-18-7-4-3-6-16(18)22(30)27-19/h3-4,6-7,10-11,13H,2,5,8-9,12H2,1H3,(H,24,29)(H,25,28)(H,26,27,30). The van der Waals surface area contributed by atoms with Crippen LogP contribution in [0.2, 0.25) is 5.02 Å². The largest absolute Gasteiger partial charge is 0.352 e. The fourth-order valence-corrected chi connectivity index (χ4v) is 3.27. The fraction of sp³-hybridized carbons (Fsp3) is 0.273. The van der Waals surface area contributed by atoms with Crippen molar-refractivity contribution in [3.05, 3.63) is 69.2 Å². The maximum Gasteiger partial charge on any atom is 0.258 e. The molecule has 3 aromatic rings. The Morgan fingerprint density at radius 2 is 1.97 bits per heavy atom. The summed E-state index contributed by atoms with van der Waals surface area (Å²) in [7, 11) is 0. The number of aromatic amines is 1. The number of benzene rings is 2. The van der Waals surface area contributed by atoms with Gasteiger partial charge in [0.15, 0.2) is 0 Å². The van der Waals surface area contributed by atoms with E-state index in [0.717, 1.165) is 6.42 Å². The summed E-state index contributed by atoms with van der Waals surface area (Å²) in [5.41, 5.74) is 1.35. The Hall–Kier alpha value is -3.19. The number of carbonyl (C=O) groups excluding carboxylic acids is 2. The molecule has 0 radical (unpaired) electrons. The first-order valence-corrected chi connectivity index (χ1v) is 10.2. The summed E-state index contributed by atoms with van der Waals surface area (Å²) in [6.07, 6.45) is 2.09. The van der Waals surface area contributed by atoms with E-state index in [1.165, 1.54) is 0 Å². The Bertz CT molecular complexity index is 1130. The van der Waals surface area contributed by atoms with Gasteiger partial charge in [0.2, 0.25) is 5.91 Å². The lowest BCUT2D eigenvalue weighted by Gasteiger charge is -2.09. The molecule has 1 heterocycles. The molecule has 30 heavy (non-hydrogen) atoms. The molecule has 2 aromatic carbocycles. The van der Waals surface area contributed by atoms with E-state index in [0.29, 0.717) is 47.4 Å². The molecule has 0 unspecified atom stereocenters. The second-order valence-corrected chi connectivity index (χ2v) is 7.29. The summed E-state index contributed by atoms with van der Waals surface area (Å²) in [4.78, 5) is 43.5. The molecule has 0 aliphatic rings. The molecule has 0 aliphatic carbocycles. The molecule has 3 N–H and O–H groups in total.